The van der Waals surface area contributed by atoms with Crippen molar-refractivity contribution in [2.75, 3.05) is 6.54 Å². The molecule has 0 aliphatic heterocycles. The second-order valence-corrected chi connectivity index (χ2v) is 5.88. The molecule has 0 fully saturated rings. The van der Waals surface area contributed by atoms with E-state index >= 15 is 0 Å². The van der Waals surface area contributed by atoms with Crippen molar-refractivity contribution in [2.45, 2.75) is 20.8 Å². The molecular formula is C13H16BrNO3. The van der Waals surface area contributed by atoms with Crippen LogP contribution in [0.2, 0.25) is 0 Å². The summed E-state index contributed by atoms with van der Waals surface area (Å²) in [6.45, 7) is 5.38. The fourth-order valence-corrected chi connectivity index (χ4v) is 1.43. The highest BCUT2D eigenvalue weighted by Crippen LogP contribution is 2.24. The van der Waals surface area contributed by atoms with Crippen molar-refractivity contribution in [2.24, 2.45) is 5.41 Å². The molecule has 0 aliphatic carbocycles. The Kier molecular flexibility index (Phi) is 4.51. The van der Waals surface area contributed by atoms with Crippen LogP contribution in [0.4, 0.5) is 0 Å². The van der Waals surface area contributed by atoms with Crippen molar-refractivity contribution in [3.63, 3.8) is 0 Å². The second-order valence-electron chi connectivity index (χ2n) is 5.02. The Morgan fingerprint density at radius 1 is 1.33 bits per heavy atom. The van der Waals surface area contributed by atoms with E-state index in [-0.39, 0.29) is 24.0 Å². The van der Waals surface area contributed by atoms with Gasteiger partial charge in [0, 0.05) is 11.0 Å². The Bertz CT molecular complexity index is 478. The topological polar surface area (TPSA) is 66.4 Å². The maximum absolute atomic E-state index is 11.7. The van der Waals surface area contributed by atoms with Gasteiger partial charge in [0.1, 0.15) is 5.75 Å². The molecule has 0 bridgehead atoms. The lowest BCUT2D eigenvalue weighted by atomic mass is 9.91. The first-order valence-electron chi connectivity index (χ1n) is 5.52. The van der Waals surface area contributed by atoms with Crippen LogP contribution in [0.25, 0.3) is 0 Å². The molecule has 4 nitrogen and oxygen atoms in total. The quantitative estimate of drug-likeness (QED) is 0.901. The van der Waals surface area contributed by atoms with Crippen LogP contribution in [-0.4, -0.2) is 23.3 Å². The normalized spacial score (nSPS) is 11.1. The summed E-state index contributed by atoms with van der Waals surface area (Å²) in [4.78, 5) is 23.4. The van der Waals surface area contributed by atoms with E-state index < -0.39 is 5.41 Å². The maximum Gasteiger partial charge on any atom is 0.251 e. The van der Waals surface area contributed by atoms with Crippen LogP contribution < -0.4 is 5.32 Å². The highest BCUT2D eigenvalue weighted by Gasteiger charge is 2.21. The van der Waals surface area contributed by atoms with Gasteiger partial charge in [-0.2, -0.15) is 0 Å². The Morgan fingerprint density at radius 3 is 2.44 bits per heavy atom. The van der Waals surface area contributed by atoms with Crippen LogP contribution in [0.1, 0.15) is 31.1 Å². The monoisotopic (exact) mass is 313 g/mol. The second kappa shape index (κ2) is 5.52. The molecule has 1 rings (SSSR count). The minimum atomic E-state index is -0.477. The van der Waals surface area contributed by atoms with Crippen LogP contribution in [0, 0.1) is 5.41 Å². The summed E-state index contributed by atoms with van der Waals surface area (Å²) < 4.78 is 0.518. The van der Waals surface area contributed by atoms with Gasteiger partial charge < -0.3 is 10.4 Å². The highest BCUT2D eigenvalue weighted by atomic mass is 79.9. The van der Waals surface area contributed by atoms with Crippen molar-refractivity contribution in [1.82, 2.24) is 5.32 Å². The van der Waals surface area contributed by atoms with Gasteiger partial charge in [0.2, 0.25) is 0 Å². The van der Waals surface area contributed by atoms with Crippen molar-refractivity contribution in [3.8, 4) is 5.75 Å². The Labute approximate surface area is 115 Å². The van der Waals surface area contributed by atoms with Gasteiger partial charge in [-0.1, -0.05) is 20.8 Å². The van der Waals surface area contributed by atoms with Crippen LogP contribution in [0.5, 0.6) is 5.75 Å². The number of nitrogens with one attached hydrogen (secondary N) is 1. The first kappa shape index (κ1) is 14.7. The van der Waals surface area contributed by atoms with Crippen LogP contribution in [0.15, 0.2) is 22.7 Å². The third-order valence-electron chi connectivity index (χ3n) is 2.45. The number of ketones is 1. The van der Waals surface area contributed by atoms with Crippen molar-refractivity contribution < 1.29 is 14.7 Å². The molecule has 0 unspecified atom stereocenters. The van der Waals surface area contributed by atoms with Gasteiger partial charge in [0.15, 0.2) is 5.78 Å². The predicted octanol–water partition coefficient (Wildman–Crippen LogP) is 2.50. The fourth-order valence-electron chi connectivity index (χ4n) is 1.18. The average molecular weight is 314 g/mol. The molecular weight excluding hydrogens is 298 g/mol. The van der Waals surface area contributed by atoms with E-state index in [1.807, 2.05) is 0 Å². The number of Topliss-reactive ketones (excluding diaryl/α,β-unsaturated/α-hetero) is 1. The number of carbonyl (C=O) groups excluding carboxylic acids is 2. The van der Waals surface area contributed by atoms with Gasteiger partial charge >= 0.3 is 0 Å². The molecule has 0 atom stereocenters. The zero-order chi connectivity index (χ0) is 13.9. The van der Waals surface area contributed by atoms with Crippen LogP contribution in [0.3, 0.4) is 0 Å². The summed E-state index contributed by atoms with van der Waals surface area (Å²) in [5.74, 6) is -0.433. The van der Waals surface area contributed by atoms with Gasteiger partial charge in [0.25, 0.3) is 5.91 Å². The number of halogens is 1. The third kappa shape index (κ3) is 3.84. The van der Waals surface area contributed by atoms with Crippen molar-refractivity contribution >= 4 is 27.6 Å². The molecule has 0 radical (unpaired) electrons. The molecule has 1 amide bonds. The lowest BCUT2D eigenvalue weighted by molar-refractivity contribution is -0.125. The van der Waals surface area contributed by atoms with Crippen LogP contribution in [-0.2, 0) is 4.79 Å². The largest absolute Gasteiger partial charge is 0.507 e. The molecule has 5 heteroatoms. The number of aromatic hydroxyl groups is 1. The lowest BCUT2D eigenvalue weighted by Gasteiger charge is -2.16. The van der Waals surface area contributed by atoms with Gasteiger partial charge in [0.05, 0.1) is 11.0 Å². The van der Waals surface area contributed by atoms with Crippen molar-refractivity contribution in [1.29, 1.82) is 0 Å². The number of amides is 1. The zero-order valence-corrected chi connectivity index (χ0v) is 12.2. The van der Waals surface area contributed by atoms with Gasteiger partial charge in [-0.05, 0) is 34.1 Å². The molecule has 1 aromatic carbocycles. The molecule has 2 N–H and O–H groups in total. The first-order valence-corrected chi connectivity index (χ1v) is 6.31. The van der Waals surface area contributed by atoms with E-state index in [1.54, 1.807) is 32.9 Å². The summed E-state index contributed by atoms with van der Waals surface area (Å²) in [7, 11) is 0. The van der Waals surface area contributed by atoms with E-state index in [0.29, 0.717) is 10.0 Å². The minimum Gasteiger partial charge on any atom is -0.507 e. The Balaban J connectivity index is 2.66. The number of benzene rings is 1. The highest BCUT2D eigenvalue weighted by molar-refractivity contribution is 9.10. The predicted molar refractivity (Wildman–Crippen MR) is 72.6 cm³/mol. The number of rotatable bonds is 3. The molecule has 0 saturated heterocycles. The number of hydrogen-bond acceptors (Lipinski definition) is 3. The molecule has 0 aromatic heterocycles. The fraction of sp³-hybridized carbons (Fsp3) is 0.385. The number of phenolic OH excluding ortho intramolecular Hbond substituents is 1. The van der Waals surface area contributed by atoms with E-state index in [2.05, 4.69) is 21.2 Å². The standard InChI is InChI=1S/C13H16BrNO3/c1-13(2,3)11(17)7-15-12(18)8-4-5-9(14)10(16)6-8/h4-6,16H,7H2,1-3H3,(H,15,18). The van der Waals surface area contributed by atoms with Gasteiger partial charge in [-0.25, -0.2) is 0 Å². The van der Waals surface area contributed by atoms with E-state index in [1.165, 1.54) is 6.07 Å². The summed E-state index contributed by atoms with van der Waals surface area (Å²) in [5, 5.41) is 12.0. The molecule has 1 aromatic rings. The Hall–Kier alpha value is -1.36. The molecule has 0 heterocycles. The van der Waals surface area contributed by atoms with Crippen molar-refractivity contribution in [3.05, 3.63) is 28.2 Å². The lowest BCUT2D eigenvalue weighted by Crippen LogP contribution is -2.35. The van der Waals surface area contributed by atoms with E-state index in [4.69, 9.17) is 0 Å². The van der Waals surface area contributed by atoms with E-state index in [0.717, 1.165) is 0 Å². The third-order valence-corrected chi connectivity index (χ3v) is 3.12. The summed E-state index contributed by atoms with van der Waals surface area (Å²) >= 11 is 3.13. The van der Waals surface area contributed by atoms with E-state index in [9.17, 15) is 14.7 Å². The zero-order valence-electron chi connectivity index (χ0n) is 10.6. The smallest absolute Gasteiger partial charge is 0.251 e. The summed E-state index contributed by atoms with van der Waals surface area (Å²) in [5.41, 5.74) is -0.160. The molecule has 0 aliphatic rings. The molecule has 18 heavy (non-hydrogen) atoms. The molecule has 0 saturated carbocycles. The molecule has 0 spiro atoms. The number of carbonyl (C=O) groups is 2. The first-order chi connectivity index (χ1) is 8.21. The Morgan fingerprint density at radius 2 is 1.94 bits per heavy atom. The average Bonchev–Trinajstić information content (AvgIpc) is 2.27. The summed E-state index contributed by atoms with van der Waals surface area (Å²) in [6, 6.07) is 4.50. The molecule has 98 valence electrons. The van der Waals surface area contributed by atoms with Crippen LogP contribution >= 0.6 is 15.9 Å². The number of phenols is 1. The maximum atomic E-state index is 11.7. The SMILES string of the molecule is CC(C)(C)C(=O)CNC(=O)c1ccc(Br)c(O)c1. The number of hydrogen-bond donors (Lipinski definition) is 2. The van der Waals surface area contributed by atoms with Gasteiger partial charge in [-0.3, -0.25) is 9.59 Å². The minimum absolute atomic E-state index is 0.00945. The van der Waals surface area contributed by atoms with Gasteiger partial charge in [-0.15, -0.1) is 0 Å². The summed E-state index contributed by atoms with van der Waals surface area (Å²) in [6.07, 6.45) is 0.